The van der Waals surface area contributed by atoms with Crippen molar-refractivity contribution in [3.8, 4) is 0 Å². The molecule has 1 N–H and O–H groups in total. The predicted molar refractivity (Wildman–Crippen MR) is 92.8 cm³/mol. The lowest BCUT2D eigenvalue weighted by atomic mass is 9.94. The Labute approximate surface area is 140 Å². The predicted octanol–water partition coefficient (Wildman–Crippen LogP) is 4.51. The van der Waals surface area contributed by atoms with E-state index in [9.17, 15) is 0 Å². The number of halogens is 2. The highest BCUT2D eigenvalue weighted by molar-refractivity contribution is 9.10. The van der Waals surface area contributed by atoms with E-state index in [4.69, 9.17) is 11.6 Å². The first-order chi connectivity index (χ1) is 10.2. The van der Waals surface area contributed by atoms with Crippen LogP contribution in [0.4, 0.5) is 0 Å². The largest absolute Gasteiger partial charge is 0.317 e. The number of nitrogens with zero attached hydrogens (tertiary/aromatic N) is 1. The van der Waals surface area contributed by atoms with Crippen molar-refractivity contribution in [3.05, 3.63) is 63.3 Å². The van der Waals surface area contributed by atoms with Crippen LogP contribution in [0.15, 0.2) is 47.1 Å². The van der Waals surface area contributed by atoms with Crippen LogP contribution in [-0.2, 0) is 12.8 Å². The van der Waals surface area contributed by atoms with Crippen LogP contribution in [-0.4, -0.2) is 18.1 Å². The molecule has 0 aliphatic rings. The van der Waals surface area contributed by atoms with E-state index < -0.39 is 0 Å². The van der Waals surface area contributed by atoms with E-state index in [2.05, 4.69) is 57.4 Å². The first-order valence-corrected chi connectivity index (χ1v) is 8.40. The minimum Gasteiger partial charge on any atom is -0.317 e. The summed E-state index contributed by atoms with van der Waals surface area (Å²) in [5, 5.41) is 4.24. The van der Waals surface area contributed by atoms with Gasteiger partial charge in [-0.1, -0.05) is 30.7 Å². The summed E-state index contributed by atoms with van der Waals surface area (Å²) in [5.74, 6) is 0.528. The highest BCUT2D eigenvalue weighted by Gasteiger charge is 2.11. The Balaban J connectivity index is 2.02. The lowest BCUT2D eigenvalue weighted by Gasteiger charge is -2.17. The molecule has 0 aliphatic carbocycles. The zero-order valence-corrected chi connectivity index (χ0v) is 14.5. The van der Waals surface area contributed by atoms with Crippen LogP contribution in [0.2, 0.25) is 5.02 Å². The second-order valence-electron chi connectivity index (χ2n) is 5.18. The molecule has 0 bridgehead atoms. The molecule has 0 saturated heterocycles. The summed E-state index contributed by atoms with van der Waals surface area (Å²) in [7, 11) is 0. The smallest absolute Gasteiger partial charge is 0.0413 e. The van der Waals surface area contributed by atoms with Crippen LogP contribution >= 0.6 is 27.5 Å². The third kappa shape index (κ3) is 5.77. The molecule has 1 atom stereocenters. The SMILES string of the molecule is CCNCC(Cc1ccc(Cl)cc1)Cc1ccc(Br)cn1. The van der Waals surface area contributed by atoms with Crippen LogP contribution in [0.3, 0.4) is 0 Å². The Morgan fingerprint density at radius 1 is 1.14 bits per heavy atom. The van der Waals surface area contributed by atoms with Crippen molar-refractivity contribution in [2.75, 3.05) is 13.1 Å². The minimum absolute atomic E-state index is 0.528. The Morgan fingerprint density at radius 3 is 2.52 bits per heavy atom. The number of benzene rings is 1. The van der Waals surface area contributed by atoms with E-state index >= 15 is 0 Å². The lowest BCUT2D eigenvalue weighted by molar-refractivity contribution is 0.474. The molecule has 0 spiro atoms. The first-order valence-electron chi connectivity index (χ1n) is 7.23. The Hall–Kier alpha value is -0.900. The fraction of sp³-hybridized carbons (Fsp3) is 0.353. The van der Waals surface area contributed by atoms with Crippen LogP contribution < -0.4 is 5.32 Å². The van der Waals surface area contributed by atoms with Crippen molar-refractivity contribution in [2.45, 2.75) is 19.8 Å². The fourth-order valence-corrected chi connectivity index (χ4v) is 2.70. The monoisotopic (exact) mass is 366 g/mol. The quantitative estimate of drug-likeness (QED) is 0.779. The molecule has 2 rings (SSSR count). The molecule has 1 unspecified atom stereocenters. The van der Waals surface area contributed by atoms with Gasteiger partial charge in [-0.3, -0.25) is 4.98 Å². The van der Waals surface area contributed by atoms with Crippen molar-refractivity contribution >= 4 is 27.5 Å². The molecule has 0 amide bonds. The molecule has 0 radical (unpaired) electrons. The third-order valence-corrected chi connectivity index (χ3v) is 4.13. The normalized spacial score (nSPS) is 12.3. The standard InChI is InChI=1S/C17H20BrClN2/c1-2-20-11-14(9-13-3-6-16(19)7-4-13)10-17-8-5-15(18)12-21-17/h3-8,12,14,20H,2,9-11H2,1H3. The summed E-state index contributed by atoms with van der Waals surface area (Å²) in [6.07, 6.45) is 3.87. The van der Waals surface area contributed by atoms with E-state index in [-0.39, 0.29) is 0 Å². The first kappa shape index (κ1) is 16.5. The number of aromatic nitrogens is 1. The van der Waals surface area contributed by atoms with Gasteiger partial charge in [0.15, 0.2) is 0 Å². The molecular formula is C17H20BrClN2. The molecular weight excluding hydrogens is 348 g/mol. The van der Waals surface area contributed by atoms with Gasteiger partial charge in [0.2, 0.25) is 0 Å². The van der Waals surface area contributed by atoms with Crippen LogP contribution in [0.1, 0.15) is 18.2 Å². The highest BCUT2D eigenvalue weighted by Crippen LogP contribution is 2.17. The van der Waals surface area contributed by atoms with E-state index in [1.54, 1.807) is 0 Å². The molecule has 0 fully saturated rings. The van der Waals surface area contributed by atoms with Gasteiger partial charge in [-0.2, -0.15) is 0 Å². The van der Waals surface area contributed by atoms with Crippen molar-refractivity contribution in [3.63, 3.8) is 0 Å². The number of rotatable bonds is 7. The van der Waals surface area contributed by atoms with Crippen molar-refractivity contribution in [1.82, 2.24) is 10.3 Å². The van der Waals surface area contributed by atoms with E-state index in [1.165, 1.54) is 5.56 Å². The second kappa shape index (κ2) is 8.52. The maximum absolute atomic E-state index is 5.95. The number of pyridine rings is 1. The summed E-state index contributed by atoms with van der Waals surface area (Å²) < 4.78 is 1.02. The van der Waals surface area contributed by atoms with Crippen LogP contribution in [0, 0.1) is 5.92 Å². The van der Waals surface area contributed by atoms with Crippen molar-refractivity contribution < 1.29 is 0 Å². The topological polar surface area (TPSA) is 24.9 Å². The molecule has 4 heteroatoms. The molecule has 0 saturated carbocycles. The van der Waals surface area contributed by atoms with Crippen LogP contribution in [0.5, 0.6) is 0 Å². The van der Waals surface area contributed by atoms with Crippen molar-refractivity contribution in [1.29, 1.82) is 0 Å². The van der Waals surface area contributed by atoms with E-state index in [1.807, 2.05) is 18.3 Å². The molecule has 1 aromatic carbocycles. The van der Waals surface area contributed by atoms with Gasteiger partial charge in [-0.25, -0.2) is 0 Å². The molecule has 2 aromatic rings. The molecule has 21 heavy (non-hydrogen) atoms. The maximum atomic E-state index is 5.95. The Morgan fingerprint density at radius 2 is 1.90 bits per heavy atom. The molecule has 0 aliphatic heterocycles. The molecule has 2 nitrogen and oxygen atoms in total. The van der Waals surface area contributed by atoms with Crippen LogP contribution in [0.25, 0.3) is 0 Å². The van der Waals surface area contributed by atoms with E-state index in [0.29, 0.717) is 5.92 Å². The second-order valence-corrected chi connectivity index (χ2v) is 6.53. The zero-order valence-electron chi connectivity index (χ0n) is 12.2. The number of hydrogen-bond donors (Lipinski definition) is 1. The summed E-state index contributed by atoms with van der Waals surface area (Å²) >= 11 is 9.38. The number of hydrogen-bond acceptors (Lipinski definition) is 2. The fourth-order valence-electron chi connectivity index (χ4n) is 2.34. The highest BCUT2D eigenvalue weighted by atomic mass is 79.9. The maximum Gasteiger partial charge on any atom is 0.0413 e. The summed E-state index contributed by atoms with van der Waals surface area (Å²) in [6, 6.07) is 12.3. The Bertz CT molecular complexity index is 492. The Kier molecular flexibility index (Phi) is 6.68. The van der Waals surface area contributed by atoms with Crippen molar-refractivity contribution in [2.24, 2.45) is 5.92 Å². The summed E-state index contributed by atoms with van der Waals surface area (Å²) in [4.78, 5) is 4.49. The zero-order chi connectivity index (χ0) is 15.1. The minimum atomic E-state index is 0.528. The van der Waals surface area contributed by atoms with Gasteiger partial charge in [0.1, 0.15) is 0 Å². The third-order valence-electron chi connectivity index (χ3n) is 3.41. The summed E-state index contributed by atoms with van der Waals surface area (Å²) in [6.45, 7) is 4.12. The van der Waals surface area contributed by atoms with Gasteiger partial charge in [-0.15, -0.1) is 0 Å². The van der Waals surface area contributed by atoms with Gasteiger partial charge in [0.25, 0.3) is 0 Å². The van der Waals surface area contributed by atoms with Gasteiger partial charge in [0, 0.05) is 21.4 Å². The van der Waals surface area contributed by atoms with Gasteiger partial charge >= 0.3 is 0 Å². The van der Waals surface area contributed by atoms with Gasteiger partial charge in [-0.05, 0) is 77.6 Å². The average molecular weight is 368 g/mol. The van der Waals surface area contributed by atoms with Gasteiger partial charge < -0.3 is 5.32 Å². The van der Waals surface area contributed by atoms with Gasteiger partial charge in [0.05, 0.1) is 0 Å². The molecule has 1 aromatic heterocycles. The van der Waals surface area contributed by atoms with E-state index in [0.717, 1.165) is 41.1 Å². The summed E-state index contributed by atoms with van der Waals surface area (Å²) in [5.41, 5.74) is 2.45. The number of nitrogens with one attached hydrogen (secondary N) is 1. The average Bonchev–Trinajstić information content (AvgIpc) is 2.49. The molecule has 112 valence electrons. The molecule has 1 heterocycles. The lowest BCUT2D eigenvalue weighted by Crippen LogP contribution is -2.26.